The second-order valence-corrected chi connectivity index (χ2v) is 3.46. The summed E-state index contributed by atoms with van der Waals surface area (Å²) in [7, 11) is 0. The van der Waals surface area contributed by atoms with Gasteiger partial charge in [0.25, 0.3) is 0 Å². The van der Waals surface area contributed by atoms with Crippen molar-refractivity contribution in [3.63, 3.8) is 0 Å². The van der Waals surface area contributed by atoms with Gasteiger partial charge in [-0.2, -0.15) is 0 Å². The number of aryl methyl sites for hydroxylation is 2. The molecule has 3 heteroatoms. The maximum absolute atomic E-state index is 5.49. The van der Waals surface area contributed by atoms with E-state index in [2.05, 4.69) is 9.97 Å². The second kappa shape index (κ2) is 4.09. The fourth-order valence-corrected chi connectivity index (χ4v) is 1.22. The van der Waals surface area contributed by atoms with Crippen LogP contribution >= 0.6 is 0 Å². The number of rotatable bonds is 2. The Morgan fingerprint density at radius 1 is 1.00 bits per heavy atom. The summed E-state index contributed by atoms with van der Waals surface area (Å²) in [5.41, 5.74) is 2.17. The Labute approximate surface area is 88.8 Å². The molecule has 1 aromatic heterocycles. The van der Waals surface area contributed by atoms with E-state index in [0.717, 1.165) is 16.9 Å². The molecule has 0 aliphatic carbocycles. The van der Waals surface area contributed by atoms with Crippen LogP contribution in [-0.2, 0) is 0 Å². The summed E-state index contributed by atoms with van der Waals surface area (Å²) >= 11 is 0. The van der Waals surface area contributed by atoms with Crippen LogP contribution in [0.15, 0.2) is 36.7 Å². The zero-order valence-electron chi connectivity index (χ0n) is 8.77. The molecule has 0 bridgehead atoms. The van der Waals surface area contributed by atoms with E-state index in [-0.39, 0.29) is 0 Å². The van der Waals surface area contributed by atoms with Crippen molar-refractivity contribution < 1.29 is 4.74 Å². The summed E-state index contributed by atoms with van der Waals surface area (Å²) in [5.74, 6) is 0.763. The molecule has 0 atom stereocenters. The van der Waals surface area contributed by atoms with Crippen LogP contribution in [0.3, 0.4) is 0 Å². The van der Waals surface area contributed by atoms with E-state index < -0.39 is 0 Å². The van der Waals surface area contributed by atoms with Gasteiger partial charge in [-0.3, -0.25) is 0 Å². The number of nitrogens with zero attached hydrogens (tertiary/aromatic N) is 2. The highest BCUT2D eigenvalue weighted by Gasteiger charge is 1.99. The predicted octanol–water partition coefficient (Wildman–Crippen LogP) is 2.89. The Morgan fingerprint density at radius 2 is 1.73 bits per heavy atom. The van der Waals surface area contributed by atoms with Gasteiger partial charge in [-0.1, -0.05) is 12.1 Å². The smallest absolute Gasteiger partial charge is 0.321 e. The van der Waals surface area contributed by atoms with Gasteiger partial charge in [-0.05, 0) is 37.1 Å². The summed E-state index contributed by atoms with van der Waals surface area (Å²) in [6.45, 7) is 3.96. The van der Waals surface area contributed by atoms with Crippen LogP contribution in [0, 0.1) is 13.8 Å². The molecule has 3 nitrogen and oxygen atoms in total. The van der Waals surface area contributed by atoms with E-state index in [9.17, 15) is 0 Å². The van der Waals surface area contributed by atoms with E-state index in [1.54, 1.807) is 12.4 Å². The van der Waals surface area contributed by atoms with Crippen molar-refractivity contribution in [2.75, 3.05) is 0 Å². The quantitative estimate of drug-likeness (QED) is 0.747. The molecule has 0 radical (unpaired) electrons. The number of hydrogen-bond acceptors (Lipinski definition) is 3. The Hall–Kier alpha value is -1.90. The monoisotopic (exact) mass is 200 g/mol. The molecule has 0 N–H and O–H groups in total. The average molecular weight is 200 g/mol. The molecule has 0 fully saturated rings. The lowest BCUT2D eigenvalue weighted by Gasteiger charge is -2.03. The van der Waals surface area contributed by atoms with E-state index >= 15 is 0 Å². The Bertz CT molecular complexity index is 451. The number of ether oxygens (including phenoxy) is 1. The van der Waals surface area contributed by atoms with Crippen LogP contribution in [0.1, 0.15) is 11.1 Å². The molecule has 0 amide bonds. The third kappa shape index (κ3) is 2.53. The summed E-state index contributed by atoms with van der Waals surface area (Å²) in [6.07, 6.45) is 3.47. The summed E-state index contributed by atoms with van der Waals surface area (Å²) in [6, 6.07) is 8.17. The van der Waals surface area contributed by atoms with Gasteiger partial charge in [0.2, 0.25) is 0 Å². The van der Waals surface area contributed by atoms with Gasteiger partial charge in [-0.25, -0.2) is 9.97 Å². The van der Waals surface area contributed by atoms with Gasteiger partial charge in [0, 0.05) is 12.4 Å². The molecule has 0 aliphatic heterocycles. The minimum absolute atomic E-state index is 0.381. The van der Waals surface area contributed by atoms with Crippen molar-refractivity contribution >= 4 is 0 Å². The third-order valence-electron chi connectivity index (χ3n) is 1.96. The van der Waals surface area contributed by atoms with Crippen LogP contribution in [0.2, 0.25) is 0 Å². The standard InChI is InChI=1S/C12H12N2O/c1-9-4-3-5-11(6-9)15-12-13-7-10(2)8-14-12/h3-8H,1-2H3. The third-order valence-corrected chi connectivity index (χ3v) is 1.96. The Kier molecular flexibility index (Phi) is 2.63. The van der Waals surface area contributed by atoms with Crippen LogP contribution in [0.25, 0.3) is 0 Å². The lowest BCUT2D eigenvalue weighted by Crippen LogP contribution is -1.91. The molecule has 0 aliphatic rings. The molecule has 0 saturated heterocycles. The predicted molar refractivity (Wildman–Crippen MR) is 58.0 cm³/mol. The molecule has 1 heterocycles. The van der Waals surface area contributed by atoms with Gasteiger partial charge >= 0.3 is 6.01 Å². The average Bonchev–Trinajstić information content (AvgIpc) is 2.22. The van der Waals surface area contributed by atoms with E-state index in [1.165, 1.54) is 0 Å². The minimum atomic E-state index is 0.381. The normalized spacial score (nSPS) is 10.0. The first-order valence-corrected chi connectivity index (χ1v) is 4.77. The van der Waals surface area contributed by atoms with Gasteiger partial charge < -0.3 is 4.74 Å². The Balaban J connectivity index is 2.18. The largest absolute Gasteiger partial charge is 0.424 e. The van der Waals surface area contributed by atoms with Crippen LogP contribution < -0.4 is 4.74 Å². The van der Waals surface area contributed by atoms with E-state index in [4.69, 9.17) is 4.74 Å². The lowest BCUT2D eigenvalue weighted by atomic mass is 10.2. The molecule has 2 rings (SSSR count). The highest BCUT2D eigenvalue weighted by Crippen LogP contribution is 2.18. The topological polar surface area (TPSA) is 35.0 Å². The maximum Gasteiger partial charge on any atom is 0.321 e. The summed E-state index contributed by atoms with van der Waals surface area (Å²) in [4.78, 5) is 8.14. The van der Waals surface area contributed by atoms with Crippen molar-refractivity contribution in [1.29, 1.82) is 0 Å². The van der Waals surface area contributed by atoms with Gasteiger partial charge in [-0.15, -0.1) is 0 Å². The molecule has 1 aromatic carbocycles. The van der Waals surface area contributed by atoms with E-state index in [1.807, 2.05) is 38.1 Å². The fraction of sp³-hybridized carbons (Fsp3) is 0.167. The van der Waals surface area contributed by atoms with Crippen molar-refractivity contribution in [3.8, 4) is 11.8 Å². The first-order chi connectivity index (χ1) is 7.24. The molecular formula is C12H12N2O. The molecule has 0 spiro atoms. The zero-order chi connectivity index (χ0) is 10.7. The van der Waals surface area contributed by atoms with Gasteiger partial charge in [0.05, 0.1) is 0 Å². The molecule has 0 saturated carbocycles. The fourth-order valence-electron chi connectivity index (χ4n) is 1.22. The minimum Gasteiger partial charge on any atom is -0.424 e. The van der Waals surface area contributed by atoms with E-state index in [0.29, 0.717) is 6.01 Å². The Morgan fingerprint density at radius 3 is 2.40 bits per heavy atom. The van der Waals surface area contributed by atoms with Crippen LogP contribution in [0.4, 0.5) is 0 Å². The van der Waals surface area contributed by atoms with Crippen molar-refractivity contribution in [2.24, 2.45) is 0 Å². The molecule has 15 heavy (non-hydrogen) atoms. The first-order valence-electron chi connectivity index (χ1n) is 4.77. The molecule has 2 aromatic rings. The number of aromatic nitrogens is 2. The van der Waals surface area contributed by atoms with Crippen molar-refractivity contribution in [2.45, 2.75) is 13.8 Å². The second-order valence-electron chi connectivity index (χ2n) is 3.46. The molecule has 0 unspecified atom stereocenters. The van der Waals surface area contributed by atoms with Crippen molar-refractivity contribution in [3.05, 3.63) is 47.8 Å². The van der Waals surface area contributed by atoms with Gasteiger partial charge in [0.15, 0.2) is 0 Å². The van der Waals surface area contributed by atoms with Crippen molar-refractivity contribution in [1.82, 2.24) is 9.97 Å². The highest BCUT2D eigenvalue weighted by atomic mass is 16.5. The maximum atomic E-state index is 5.49. The first kappa shape index (κ1) is 9.65. The lowest BCUT2D eigenvalue weighted by molar-refractivity contribution is 0.441. The van der Waals surface area contributed by atoms with Crippen LogP contribution in [-0.4, -0.2) is 9.97 Å². The number of benzene rings is 1. The molecule has 76 valence electrons. The van der Waals surface area contributed by atoms with Crippen LogP contribution in [0.5, 0.6) is 11.8 Å². The SMILES string of the molecule is Cc1cnc(Oc2cccc(C)c2)nc1. The highest BCUT2D eigenvalue weighted by molar-refractivity contribution is 5.29. The zero-order valence-corrected chi connectivity index (χ0v) is 8.77. The number of hydrogen-bond donors (Lipinski definition) is 0. The van der Waals surface area contributed by atoms with Gasteiger partial charge in [0.1, 0.15) is 5.75 Å². The summed E-state index contributed by atoms with van der Waals surface area (Å²) in [5, 5.41) is 0. The molecular weight excluding hydrogens is 188 g/mol. The summed E-state index contributed by atoms with van der Waals surface area (Å²) < 4.78 is 5.49.